The van der Waals surface area contributed by atoms with Gasteiger partial charge in [0.15, 0.2) is 0 Å². The Kier molecular flexibility index (Phi) is 9.52. The molecule has 8 unspecified atom stereocenters. The third kappa shape index (κ3) is 5.33. The maximum absolute atomic E-state index is 12.3. The van der Waals surface area contributed by atoms with Gasteiger partial charge in [-0.05, 0) is 150 Å². The molecule has 2 saturated heterocycles. The fourth-order valence-electron chi connectivity index (χ4n) is 17.2. The van der Waals surface area contributed by atoms with E-state index in [9.17, 15) is 9.59 Å². The number of rotatable bonds is 8. The number of Topliss-reactive ketones (excluding diaryl/α,β-unsaturated/α-hetero) is 2. The van der Waals surface area contributed by atoms with Gasteiger partial charge in [-0.3, -0.25) is 9.59 Å². The van der Waals surface area contributed by atoms with E-state index in [2.05, 4.69) is 27.7 Å². The van der Waals surface area contributed by atoms with Gasteiger partial charge in [-0.2, -0.15) is 0 Å². The molecule has 2 aliphatic heterocycles. The van der Waals surface area contributed by atoms with Crippen LogP contribution in [0.15, 0.2) is 0 Å². The Morgan fingerprint density at radius 3 is 1.33 bits per heavy atom. The highest BCUT2D eigenvalue weighted by atomic mass is 16.7. The summed E-state index contributed by atoms with van der Waals surface area (Å²) in [5.74, 6) is 5.86. The van der Waals surface area contributed by atoms with E-state index in [0.717, 1.165) is 62.2 Å². The van der Waals surface area contributed by atoms with Gasteiger partial charge in [0.25, 0.3) is 0 Å². The van der Waals surface area contributed by atoms with Gasteiger partial charge in [-0.1, -0.05) is 27.7 Å². The fourth-order valence-corrected chi connectivity index (χ4v) is 17.2. The molecule has 0 bridgehead atoms. The smallest absolute Gasteiger partial charge is 0.146 e. The number of hydrogen-bond donors (Lipinski definition) is 0. The first kappa shape index (κ1) is 38.6. The Bertz CT molecular complexity index is 1380. The second-order valence-corrected chi connectivity index (χ2v) is 21.5. The van der Waals surface area contributed by atoms with Crippen molar-refractivity contribution in [1.29, 1.82) is 0 Å². The van der Waals surface area contributed by atoms with Crippen molar-refractivity contribution in [2.45, 2.75) is 180 Å². The molecule has 0 radical (unpaired) electrons. The number of hydrogen-bond acceptors (Lipinski definition) is 8. The Hall–Kier alpha value is -0.900. The van der Waals surface area contributed by atoms with Crippen molar-refractivity contribution in [3.05, 3.63) is 0 Å². The zero-order chi connectivity index (χ0) is 38.1. The molecule has 0 aromatic carbocycles. The van der Waals surface area contributed by atoms with E-state index in [0.29, 0.717) is 61.0 Å². The van der Waals surface area contributed by atoms with Gasteiger partial charge in [-0.15, -0.1) is 0 Å². The standard InChI is InChI=1S/2C23H36O4/c2*1-14(24)17-5-6-18-16-11-20-23(27-20)12-15(26-13-25-4)7-10-22(23,3)19(16)8-9-21(17,18)2/h2*15-20H,5-13H2,1-4H3/t15-,16?,17?,18?,19?,20+,21+,22+,23+;15-,16?,17?,18?,19?,20-,21+,22+,23-/m00/s1. The Morgan fingerprint density at radius 1 is 0.556 bits per heavy atom. The molecular weight excluding hydrogens is 680 g/mol. The first-order valence-corrected chi connectivity index (χ1v) is 22.3. The van der Waals surface area contributed by atoms with E-state index < -0.39 is 0 Å². The van der Waals surface area contributed by atoms with Crippen LogP contribution < -0.4 is 0 Å². The van der Waals surface area contributed by atoms with Crippen LogP contribution in [0.3, 0.4) is 0 Å². The number of ether oxygens (including phenoxy) is 6. The van der Waals surface area contributed by atoms with E-state index in [4.69, 9.17) is 28.4 Å². The minimum atomic E-state index is 0.0527. The number of carbonyl (C=O) groups is 2. The Labute approximate surface area is 325 Å². The summed E-state index contributed by atoms with van der Waals surface area (Å²) in [6, 6.07) is 0. The number of fused-ring (bicyclic) bond motifs is 8. The van der Waals surface area contributed by atoms with Crippen LogP contribution in [0.2, 0.25) is 0 Å². The predicted molar refractivity (Wildman–Crippen MR) is 204 cm³/mol. The van der Waals surface area contributed by atoms with Crippen molar-refractivity contribution < 1.29 is 38.0 Å². The van der Waals surface area contributed by atoms with Crippen molar-refractivity contribution in [3.63, 3.8) is 0 Å². The molecule has 2 heterocycles. The summed E-state index contributed by atoms with van der Waals surface area (Å²) in [5.41, 5.74) is 1.13. The average Bonchev–Trinajstić information content (AvgIpc) is 3.93. The predicted octanol–water partition coefficient (Wildman–Crippen LogP) is 8.71. The lowest BCUT2D eigenvalue weighted by atomic mass is 9.44. The first-order valence-electron chi connectivity index (χ1n) is 22.3. The third-order valence-corrected chi connectivity index (χ3v) is 19.9. The average molecular weight is 753 g/mol. The molecule has 8 nitrogen and oxygen atoms in total. The molecular formula is C46H72O8. The lowest BCUT2D eigenvalue weighted by molar-refractivity contribution is -0.147. The van der Waals surface area contributed by atoms with Crippen LogP contribution >= 0.6 is 0 Å². The normalized spacial score (nSPS) is 55.9. The molecule has 0 aromatic rings. The summed E-state index contributed by atoms with van der Waals surface area (Å²) < 4.78 is 35.2. The van der Waals surface area contributed by atoms with Gasteiger partial charge in [0.2, 0.25) is 0 Å². The maximum atomic E-state index is 12.3. The first-order chi connectivity index (χ1) is 25.7. The summed E-state index contributed by atoms with van der Waals surface area (Å²) in [4.78, 5) is 24.6. The molecule has 10 rings (SSSR count). The lowest BCUT2D eigenvalue weighted by Crippen LogP contribution is -2.58. The van der Waals surface area contributed by atoms with Crippen LogP contribution in [0, 0.1) is 69.0 Å². The van der Waals surface area contributed by atoms with E-state index in [1.54, 1.807) is 14.2 Å². The molecule has 2 spiro atoms. The van der Waals surface area contributed by atoms with Crippen molar-refractivity contribution in [2.24, 2.45) is 69.0 Å². The summed E-state index contributed by atoms with van der Waals surface area (Å²) in [6.45, 7) is 14.3. The molecule has 10 aliphatic rings. The van der Waals surface area contributed by atoms with E-state index in [-0.39, 0.29) is 45.1 Å². The molecule has 8 saturated carbocycles. The molecule has 0 N–H and O–H groups in total. The zero-order valence-corrected chi connectivity index (χ0v) is 34.9. The molecule has 8 heteroatoms. The van der Waals surface area contributed by atoms with Gasteiger partial charge in [0, 0.05) is 49.7 Å². The van der Waals surface area contributed by atoms with Crippen LogP contribution in [-0.4, -0.2) is 75.0 Å². The number of carbonyl (C=O) groups excluding carboxylic acids is 2. The van der Waals surface area contributed by atoms with Crippen molar-refractivity contribution in [2.75, 3.05) is 27.8 Å². The molecule has 304 valence electrons. The fraction of sp³-hybridized carbons (Fsp3) is 0.957. The van der Waals surface area contributed by atoms with Gasteiger partial charge in [0.1, 0.15) is 36.4 Å². The van der Waals surface area contributed by atoms with Gasteiger partial charge in [-0.25, -0.2) is 0 Å². The topological polar surface area (TPSA) is 96.1 Å². The third-order valence-electron chi connectivity index (χ3n) is 19.9. The highest BCUT2D eigenvalue weighted by molar-refractivity contribution is 5.80. The summed E-state index contributed by atoms with van der Waals surface area (Å²) in [7, 11) is 3.39. The number of methoxy groups -OCH3 is 2. The van der Waals surface area contributed by atoms with Gasteiger partial charge < -0.3 is 28.4 Å². The summed E-state index contributed by atoms with van der Waals surface area (Å²) >= 11 is 0. The lowest BCUT2D eigenvalue weighted by Gasteiger charge is -2.59. The van der Waals surface area contributed by atoms with Gasteiger partial charge >= 0.3 is 0 Å². The molecule has 10 fully saturated rings. The Morgan fingerprint density at radius 2 is 0.963 bits per heavy atom. The number of epoxide rings is 2. The van der Waals surface area contributed by atoms with Gasteiger partial charge in [0.05, 0.1) is 24.4 Å². The monoisotopic (exact) mass is 753 g/mol. The van der Waals surface area contributed by atoms with Crippen LogP contribution in [0.25, 0.3) is 0 Å². The van der Waals surface area contributed by atoms with Crippen LogP contribution in [0.5, 0.6) is 0 Å². The van der Waals surface area contributed by atoms with Crippen LogP contribution in [0.4, 0.5) is 0 Å². The number of ketones is 2. The minimum Gasteiger partial charge on any atom is -0.365 e. The molecule has 54 heavy (non-hydrogen) atoms. The summed E-state index contributed by atoms with van der Waals surface area (Å²) in [5, 5.41) is 0. The molecule has 18 atom stereocenters. The molecule has 8 aliphatic carbocycles. The summed E-state index contributed by atoms with van der Waals surface area (Å²) in [6.07, 6.45) is 20.3. The molecule has 0 aromatic heterocycles. The van der Waals surface area contributed by atoms with Crippen LogP contribution in [-0.2, 0) is 38.0 Å². The van der Waals surface area contributed by atoms with Crippen molar-refractivity contribution >= 4 is 11.6 Å². The highest BCUT2D eigenvalue weighted by Crippen LogP contribution is 2.76. The second kappa shape index (κ2) is 13.3. The van der Waals surface area contributed by atoms with Crippen molar-refractivity contribution in [3.8, 4) is 0 Å². The Balaban J connectivity index is 0.000000142. The zero-order valence-electron chi connectivity index (χ0n) is 34.9. The van der Waals surface area contributed by atoms with E-state index >= 15 is 0 Å². The maximum Gasteiger partial charge on any atom is 0.146 e. The SMILES string of the molecule is COCO[C@H]1CC[C@]2(C)C3CC[C@]4(C)C(C(C)=O)CCC4C3C[C@@H]3O[C@@]32C1.COCO[C@H]1CC[C@]2(C)C3CC[C@]4(C)C(C(C)=O)CCC4C3C[C@H]3O[C@]32C1. The van der Waals surface area contributed by atoms with Crippen LogP contribution in [0.1, 0.15) is 144 Å². The van der Waals surface area contributed by atoms with Crippen molar-refractivity contribution in [1.82, 2.24) is 0 Å². The second-order valence-electron chi connectivity index (χ2n) is 21.5. The van der Waals surface area contributed by atoms with E-state index in [1.165, 1.54) is 64.2 Å². The van der Waals surface area contributed by atoms with E-state index in [1.807, 2.05) is 13.8 Å². The largest absolute Gasteiger partial charge is 0.365 e. The quantitative estimate of drug-likeness (QED) is 0.180. The molecule has 0 amide bonds. The minimum absolute atomic E-state index is 0.0527. The highest BCUT2D eigenvalue weighted by Gasteiger charge is 2.78.